The van der Waals surface area contributed by atoms with Gasteiger partial charge >= 0.3 is 0 Å². The van der Waals surface area contributed by atoms with Gasteiger partial charge in [-0.2, -0.15) is 4.39 Å². The molecule has 0 saturated heterocycles. The molecule has 0 bridgehead atoms. The lowest BCUT2D eigenvalue weighted by Crippen LogP contribution is -2.14. The van der Waals surface area contributed by atoms with Gasteiger partial charge in [0.05, 0.1) is 0 Å². The summed E-state index contributed by atoms with van der Waals surface area (Å²) in [5.41, 5.74) is -0.193. The fourth-order valence-corrected chi connectivity index (χ4v) is 1.12. The molecule has 1 N–H and O–H groups in total. The van der Waals surface area contributed by atoms with Crippen molar-refractivity contribution in [2.75, 3.05) is 0 Å². The molecule has 0 saturated carbocycles. The highest BCUT2D eigenvalue weighted by molar-refractivity contribution is 5.33. The van der Waals surface area contributed by atoms with Crippen molar-refractivity contribution in [3.63, 3.8) is 0 Å². The molecule has 0 heterocycles. The molecular formula is C10H12F2O. The molecule has 0 aliphatic heterocycles. The van der Waals surface area contributed by atoms with Crippen molar-refractivity contribution < 1.29 is 13.9 Å². The first-order valence-corrected chi connectivity index (χ1v) is 4.01. The molecule has 0 radical (unpaired) electrons. The third-order valence-electron chi connectivity index (χ3n) is 1.87. The third kappa shape index (κ3) is 1.79. The number of hydrogen-bond donors (Lipinski definition) is 1. The van der Waals surface area contributed by atoms with E-state index in [0.29, 0.717) is 0 Å². The van der Waals surface area contributed by atoms with Crippen LogP contribution in [-0.4, -0.2) is 5.11 Å². The normalized spacial score (nSPS) is 11.8. The van der Waals surface area contributed by atoms with E-state index in [1.54, 1.807) is 20.8 Å². The highest BCUT2D eigenvalue weighted by Crippen LogP contribution is 2.29. The minimum Gasteiger partial charge on any atom is -0.505 e. The van der Waals surface area contributed by atoms with Crippen LogP contribution in [0.4, 0.5) is 8.78 Å². The van der Waals surface area contributed by atoms with Crippen LogP contribution in [0.15, 0.2) is 12.1 Å². The van der Waals surface area contributed by atoms with E-state index in [1.165, 1.54) is 12.1 Å². The molecular weight excluding hydrogens is 174 g/mol. The zero-order chi connectivity index (χ0) is 10.2. The predicted octanol–water partition coefficient (Wildman–Crippen LogP) is 2.97. The van der Waals surface area contributed by atoms with Gasteiger partial charge in [-0.05, 0) is 17.0 Å². The molecule has 72 valence electrons. The zero-order valence-electron chi connectivity index (χ0n) is 7.86. The number of hydrogen-bond acceptors (Lipinski definition) is 1. The van der Waals surface area contributed by atoms with Crippen molar-refractivity contribution in [3.8, 4) is 5.75 Å². The quantitative estimate of drug-likeness (QED) is 0.660. The summed E-state index contributed by atoms with van der Waals surface area (Å²) in [4.78, 5) is 0. The number of phenols is 1. The first kappa shape index (κ1) is 9.96. The Kier molecular flexibility index (Phi) is 2.28. The van der Waals surface area contributed by atoms with Gasteiger partial charge in [-0.3, -0.25) is 0 Å². The van der Waals surface area contributed by atoms with E-state index in [0.717, 1.165) is 0 Å². The summed E-state index contributed by atoms with van der Waals surface area (Å²) in [6.45, 7) is 5.34. The summed E-state index contributed by atoms with van der Waals surface area (Å²) in [5.74, 6) is -2.79. The topological polar surface area (TPSA) is 20.2 Å². The van der Waals surface area contributed by atoms with Crippen LogP contribution in [0.25, 0.3) is 0 Å². The molecule has 0 fully saturated rings. The Hall–Kier alpha value is -1.12. The lowest BCUT2D eigenvalue weighted by atomic mass is 9.86. The van der Waals surface area contributed by atoms with Crippen molar-refractivity contribution >= 4 is 0 Å². The highest BCUT2D eigenvalue weighted by atomic mass is 19.2. The fourth-order valence-electron chi connectivity index (χ4n) is 1.12. The second-order valence-electron chi connectivity index (χ2n) is 4.01. The molecule has 1 aromatic carbocycles. The van der Waals surface area contributed by atoms with Gasteiger partial charge in [0.1, 0.15) is 0 Å². The maximum Gasteiger partial charge on any atom is 0.200 e. The molecule has 13 heavy (non-hydrogen) atoms. The second kappa shape index (κ2) is 2.98. The lowest BCUT2D eigenvalue weighted by molar-refractivity contribution is 0.396. The minimum atomic E-state index is -1.17. The van der Waals surface area contributed by atoms with Crippen molar-refractivity contribution in [2.24, 2.45) is 0 Å². The standard InChI is InChI=1S/C10H12F2O/c1-10(2,3)6-4-5-7(13)9(12)8(6)11/h4-5,13H,1-3H3. The van der Waals surface area contributed by atoms with Gasteiger partial charge in [0.15, 0.2) is 11.6 Å². The van der Waals surface area contributed by atoms with Crippen LogP contribution in [0.1, 0.15) is 26.3 Å². The number of benzene rings is 1. The smallest absolute Gasteiger partial charge is 0.200 e. The van der Waals surface area contributed by atoms with Crippen molar-refractivity contribution in [1.82, 2.24) is 0 Å². The van der Waals surface area contributed by atoms with Crippen LogP contribution in [0.5, 0.6) is 5.75 Å². The highest BCUT2D eigenvalue weighted by Gasteiger charge is 2.22. The average Bonchev–Trinajstić information content (AvgIpc) is 1.98. The van der Waals surface area contributed by atoms with Gasteiger partial charge in [-0.15, -0.1) is 0 Å². The lowest BCUT2D eigenvalue weighted by Gasteiger charge is -2.19. The zero-order valence-corrected chi connectivity index (χ0v) is 7.86. The predicted molar refractivity (Wildman–Crippen MR) is 46.7 cm³/mol. The van der Waals surface area contributed by atoms with E-state index in [-0.39, 0.29) is 5.56 Å². The van der Waals surface area contributed by atoms with Gasteiger partial charge in [0, 0.05) is 0 Å². The number of aromatic hydroxyl groups is 1. The van der Waals surface area contributed by atoms with E-state index in [4.69, 9.17) is 5.11 Å². The molecule has 0 spiro atoms. The Labute approximate surface area is 76.0 Å². The summed E-state index contributed by atoms with van der Waals surface area (Å²) in [5, 5.41) is 8.88. The van der Waals surface area contributed by atoms with Gasteiger partial charge in [-0.1, -0.05) is 26.8 Å². The first-order valence-electron chi connectivity index (χ1n) is 4.01. The second-order valence-corrected chi connectivity index (χ2v) is 4.01. The molecule has 0 unspecified atom stereocenters. The Balaban J connectivity index is 3.35. The minimum absolute atomic E-state index is 0.266. The maximum absolute atomic E-state index is 13.2. The summed E-state index contributed by atoms with van der Waals surface area (Å²) in [6, 6.07) is 2.56. The first-order chi connectivity index (χ1) is 5.84. The third-order valence-corrected chi connectivity index (χ3v) is 1.87. The van der Waals surface area contributed by atoms with Gasteiger partial charge < -0.3 is 5.11 Å². The molecule has 1 aromatic rings. The van der Waals surface area contributed by atoms with Crippen LogP contribution >= 0.6 is 0 Å². The molecule has 1 rings (SSSR count). The number of phenolic OH excluding ortho intramolecular Hbond substituents is 1. The van der Waals surface area contributed by atoms with Gasteiger partial charge in [-0.25, -0.2) is 4.39 Å². The van der Waals surface area contributed by atoms with Crippen LogP contribution in [-0.2, 0) is 5.41 Å². The van der Waals surface area contributed by atoms with Crippen LogP contribution < -0.4 is 0 Å². The molecule has 0 aromatic heterocycles. The van der Waals surface area contributed by atoms with Crippen LogP contribution in [0.3, 0.4) is 0 Å². The summed E-state index contributed by atoms with van der Waals surface area (Å²) >= 11 is 0. The monoisotopic (exact) mass is 186 g/mol. The van der Waals surface area contributed by atoms with Crippen molar-refractivity contribution in [3.05, 3.63) is 29.3 Å². The van der Waals surface area contributed by atoms with Crippen LogP contribution in [0, 0.1) is 11.6 Å². The Morgan fingerprint density at radius 3 is 2.08 bits per heavy atom. The number of rotatable bonds is 0. The van der Waals surface area contributed by atoms with Gasteiger partial charge in [0.25, 0.3) is 0 Å². The van der Waals surface area contributed by atoms with E-state index >= 15 is 0 Å². The molecule has 3 heteroatoms. The van der Waals surface area contributed by atoms with Crippen molar-refractivity contribution in [2.45, 2.75) is 26.2 Å². The average molecular weight is 186 g/mol. The SMILES string of the molecule is CC(C)(C)c1ccc(O)c(F)c1F. The van der Waals surface area contributed by atoms with Crippen molar-refractivity contribution in [1.29, 1.82) is 0 Å². The largest absolute Gasteiger partial charge is 0.505 e. The maximum atomic E-state index is 13.2. The van der Waals surface area contributed by atoms with Crippen LogP contribution in [0.2, 0.25) is 0 Å². The molecule has 0 amide bonds. The summed E-state index contributed by atoms with van der Waals surface area (Å²) in [7, 11) is 0. The molecule has 1 nitrogen and oxygen atoms in total. The Morgan fingerprint density at radius 2 is 1.62 bits per heavy atom. The van der Waals surface area contributed by atoms with E-state index in [9.17, 15) is 8.78 Å². The molecule has 0 aliphatic carbocycles. The molecule has 0 aliphatic rings. The Morgan fingerprint density at radius 1 is 1.08 bits per heavy atom. The summed E-state index contributed by atoms with van der Waals surface area (Å²) in [6.07, 6.45) is 0. The summed E-state index contributed by atoms with van der Waals surface area (Å²) < 4.78 is 26.1. The van der Waals surface area contributed by atoms with E-state index < -0.39 is 22.8 Å². The van der Waals surface area contributed by atoms with E-state index in [2.05, 4.69) is 0 Å². The molecule has 0 atom stereocenters. The Bertz CT molecular complexity index is 326. The van der Waals surface area contributed by atoms with Gasteiger partial charge in [0.2, 0.25) is 5.82 Å². The number of halogens is 2. The fraction of sp³-hybridized carbons (Fsp3) is 0.400. The van der Waals surface area contributed by atoms with E-state index in [1.807, 2.05) is 0 Å².